The lowest BCUT2D eigenvalue weighted by atomic mass is 9.70. The molecule has 0 spiro atoms. The maximum absolute atomic E-state index is 13.0. The Morgan fingerprint density at radius 3 is 2.70 bits per heavy atom. The van der Waals surface area contributed by atoms with E-state index in [1.165, 1.54) is 0 Å². The Hall–Kier alpha value is -2.94. The quantitative estimate of drug-likeness (QED) is 0.873. The summed E-state index contributed by atoms with van der Waals surface area (Å²) < 4.78 is 16.7. The Labute approximate surface area is 159 Å². The summed E-state index contributed by atoms with van der Waals surface area (Å²) in [6.07, 6.45) is 0.997. The second-order valence-corrected chi connectivity index (χ2v) is 7.55. The number of nitrogens with two attached hydrogens (primary N) is 1. The number of carbonyl (C=O) groups excluding carboxylic acids is 1. The number of nitriles is 1. The number of allylic oxidation sites excluding steroid dienone is 3. The molecular formula is C21H24N2O4. The molecule has 0 bridgehead atoms. The lowest BCUT2D eigenvalue weighted by Gasteiger charge is -2.37. The number of hydrogen-bond acceptors (Lipinski definition) is 6. The summed E-state index contributed by atoms with van der Waals surface area (Å²) in [5.74, 6) is 1.19. The molecule has 2 aliphatic rings. The molecule has 0 fully saturated rings. The molecule has 142 valence electrons. The monoisotopic (exact) mass is 368 g/mol. The minimum absolute atomic E-state index is 0.0145. The van der Waals surface area contributed by atoms with Crippen molar-refractivity contribution in [3.63, 3.8) is 0 Å². The van der Waals surface area contributed by atoms with Crippen LogP contribution in [0.1, 0.15) is 45.1 Å². The Balaban J connectivity index is 2.15. The van der Waals surface area contributed by atoms with Gasteiger partial charge in [0, 0.05) is 18.4 Å². The molecule has 0 radical (unpaired) electrons. The average Bonchev–Trinajstić information content (AvgIpc) is 2.60. The van der Waals surface area contributed by atoms with Gasteiger partial charge in [0.05, 0.1) is 19.6 Å². The van der Waals surface area contributed by atoms with Gasteiger partial charge < -0.3 is 19.9 Å². The summed E-state index contributed by atoms with van der Waals surface area (Å²) in [5.41, 5.74) is 7.34. The summed E-state index contributed by atoms with van der Waals surface area (Å²) in [7, 11) is 1.56. The first-order chi connectivity index (χ1) is 12.8. The second kappa shape index (κ2) is 6.99. The van der Waals surface area contributed by atoms with Gasteiger partial charge in [-0.15, -0.1) is 0 Å². The molecule has 0 unspecified atom stereocenters. The van der Waals surface area contributed by atoms with Gasteiger partial charge >= 0.3 is 0 Å². The summed E-state index contributed by atoms with van der Waals surface area (Å²) in [6, 6.07) is 7.55. The zero-order valence-electron chi connectivity index (χ0n) is 16.1. The smallest absolute Gasteiger partial charge is 0.205 e. The van der Waals surface area contributed by atoms with Gasteiger partial charge in [0.1, 0.15) is 17.4 Å². The van der Waals surface area contributed by atoms with Crippen molar-refractivity contribution in [1.82, 2.24) is 0 Å². The van der Waals surface area contributed by atoms with Gasteiger partial charge in [0.25, 0.3) is 0 Å². The van der Waals surface area contributed by atoms with Gasteiger partial charge in [-0.1, -0.05) is 19.9 Å². The lowest BCUT2D eigenvalue weighted by Crippen LogP contribution is -2.33. The molecule has 1 aromatic carbocycles. The summed E-state index contributed by atoms with van der Waals surface area (Å²) in [4.78, 5) is 13.0. The molecular weight excluding hydrogens is 344 g/mol. The molecule has 0 saturated heterocycles. The van der Waals surface area contributed by atoms with E-state index in [0.717, 1.165) is 5.56 Å². The first-order valence-electron chi connectivity index (χ1n) is 8.96. The molecule has 1 aromatic rings. The van der Waals surface area contributed by atoms with E-state index in [9.17, 15) is 10.1 Å². The van der Waals surface area contributed by atoms with Crippen molar-refractivity contribution in [2.45, 2.75) is 39.5 Å². The van der Waals surface area contributed by atoms with Crippen molar-refractivity contribution in [2.75, 3.05) is 13.7 Å². The van der Waals surface area contributed by atoms with Gasteiger partial charge in [-0.3, -0.25) is 4.79 Å². The number of Topliss-reactive ketones (excluding diaryl/α,β-unsaturated/α-hetero) is 1. The van der Waals surface area contributed by atoms with E-state index in [4.69, 9.17) is 19.9 Å². The van der Waals surface area contributed by atoms with Crippen molar-refractivity contribution >= 4 is 5.78 Å². The molecule has 1 heterocycles. The van der Waals surface area contributed by atoms with E-state index in [1.807, 2.05) is 26.8 Å². The highest BCUT2D eigenvalue weighted by Gasteiger charge is 2.43. The van der Waals surface area contributed by atoms with Gasteiger partial charge in [0.15, 0.2) is 17.3 Å². The predicted octanol–water partition coefficient (Wildman–Crippen LogP) is 3.54. The van der Waals surface area contributed by atoms with Crippen molar-refractivity contribution < 1.29 is 19.0 Å². The average molecular weight is 368 g/mol. The first-order valence-corrected chi connectivity index (χ1v) is 8.96. The molecule has 0 saturated carbocycles. The number of hydrogen-bond donors (Lipinski definition) is 1. The SMILES string of the molecule is CCOc1ccc([C@@H]2C(C#N)=C(N)OC3=C2C(=O)CC(C)(C)C3)cc1OC. The van der Waals surface area contributed by atoms with Crippen molar-refractivity contribution in [2.24, 2.45) is 11.1 Å². The number of methoxy groups -OCH3 is 1. The summed E-state index contributed by atoms with van der Waals surface area (Å²) in [6.45, 7) is 6.44. The minimum atomic E-state index is -0.563. The molecule has 0 amide bonds. The van der Waals surface area contributed by atoms with Crippen LogP contribution in [0.15, 0.2) is 41.0 Å². The molecule has 2 N–H and O–H groups in total. The van der Waals surface area contributed by atoms with Gasteiger partial charge in [-0.05, 0) is 30.0 Å². The van der Waals surface area contributed by atoms with Crippen molar-refractivity contribution in [3.8, 4) is 17.6 Å². The fourth-order valence-electron chi connectivity index (χ4n) is 3.76. The molecule has 1 aliphatic heterocycles. The maximum Gasteiger partial charge on any atom is 0.205 e. The largest absolute Gasteiger partial charge is 0.493 e. The van der Waals surface area contributed by atoms with Crippen LogP contribution < -0.4 is 15.2 Å². The highest BCUT2D eigenvalue weighted by molar-refractivity contribution is 6.00. The third kappa shape index (κ3) is 3.37. The Morgan fingerprint density at radius 1 is 1.33 bits per heavy atom. The molecule has 6 heteroatoms. The zero-order valence-corrected chi connectivity index (χ0v) is 16.1. The van der Waals surface area contributed by atoms with Crippen LogP contribution in [0.4, 0.5) is 0 Å². The highest BCUT2D eigenvalue weighted by atomic mass is 16.5. The third-order valence-electron chi connectivity index (χ3n) is 4.90. The molecule has 0 aromatic heterocycles. The summed E-state index contributed by atoms with van der Waals surface area (Å²) in [5, 5.41) is 9.68. The fraction of sp³-hybridized carbons (Fsp3) is 0.429. The van der Waals surface area contributed by atoms with Crippen LogP contribution in [0.5, 0.6) is 11.5 Å². The van der Waals surface area contributed by atoms with Crippen LogP contribution >= 0.6 is 0 Å². The van der Waals surface area contributed by atoms with E-state index in [-0.39, 0.29) is 22.7 Å². The number of ketones is 1. The number of carbonyl (C=O) groups is 1. The van der Waals surface area contributed by atoms with Crippen molar-refractivity contribution in [1.29, 1.82) is 5.26 Å². The van der Waals surface area contributed by atoms with Crippen LogP contribution in [0, 0.1) is 16.7 Å². The van der Waals surface area contributed by atoms with E-state index in [1.54, 1.807) is 19.2 Å². The lowest BCUT2D eigenvalue weighted by molar-refractivity contribution is -0.119. The highest BCUT2D eigenvalue weighted by Crippen LogP contribution is 2.48. The Bertz CT molecular complexity index is 890. The first kappa shape index (κ1) is 18.8. The molecule has 3 rings (SSSR count). The Morgan fingerprint density at radius 2 is 2.07 bits per heavy atom. The van der Waals surface area contributed by atoms with Crippen LogP contribution in [0.25, 0.3) is 0 Å². The van der Waals surface area contributed by atoms with E-state index >= 15 is 0 Å². The van der Waals surface area contributed by atoms with Crippen LogP contribution in [-0.2, 0) is 9.53 Å². The Kier molecular flexibility index (Phi) is 4.88. The fourth-order valence-corrected chi connectivity index (χ4v) is 3.76. The number of ether oxygens (including phenoxy) is 3. The number of rotatable bonds is 4. The van der Waals surface area contributed by atoms with Crippen LogP contribution in [-0.4, -0.2) is 19.5 Å². The molecule has 6 nitrogen and oxygen atoms in total. The second-order valence-electron chi connectivity index (χ2n) is 7.55. The predicted molar refractivity (Wildman–Crippen MR) is 99.9 cm³/mol. The standard InChI is InChI=1S/C21H24N2O4/c1-5-26-15-7-6-12(8-16(15)25-4)18-13(11-22)20(23)27-17-10-21(2,3)9-14(24)19(17)18/h6-8,18H,5,9-10,23H2,1-4H3/t18-/m1/s1. The number of benzene rings is 1. The van der Waals surface area contributed by atoms with E-state index < -0.39 is 5.92 Å². The normalized spacial score (nSPS) is 21.3. The van der Waals surface area contributed by atoms with Crippen LogP contribution in [0.2, 0.25) is 0 Å². The maximum atomic E-state index is 13.0. The molecule has 1 atom stereocenters. The third-order valence-corrected chi connectivity index (χ3v) is 4.90. The minimum Gasteiger partial charge on any atom is -0.493 e. The van der Waals surface area contributed by atoms with Gasteiger partial charge in [-0.25, -0.2) is 0 Å². The number of nitrogens with zero attached hydrogens (tertiary/aromatic N) is 1. The van der Waals surface area contributed by atoms with E-state index in [2.05, 4.69) is 6.07 Å². The van der Waals surface area contributed by atoms with Gasteiger partial charge in [-0.2, -0.15) is 5.26 Å². The zero-order chi connectivity index (χ0) is 19.8. The van der Waals surface area contributed by atoms with Crippen molar-refractivity contribution in [3.05, 3.63) is 46.6 Å². The van der Waals surface area contributed by atoms with E-state index in [0.29, 0.717) is 42.3 Å². The summed E-state index contributed by atoms with van der Waals surface area (Å²) >= 11 is 0. The van der Waals surface area contributed by atoms with Gasteiger partial charge in [0.2, 0.25) is 5.88 Å². The molecule has 27 heavy (non-hydrogen) atoms. The van der Waals surface area contributed by atoms with Crippen LogP contribution in [0.3, 0.4) is 0 Å². The topological polar surface area (TPSA) is 94.6 Å². The molecule has 1 aliphatic carbocycles.